The van der Waals surface area contributed by atoms with E-state index in [1.54, 1.807) is 7.05 Å². The molecule has 84 valence electrons. The van der Waals surface area contributed by atoms with Gasteiger partial charge in [-0.15, -0.1) is 5.10 Å². The number of fused-ring (bicyclic) bond motifs is 1. The summed E-state index contributed by atoms with van der Waals surface area (Å²) in [6.07, 6.45) is -3.92. The summed E-state index contributed by atoms with van der Waals surface area (Å²) in [5.74, 6) is 5.39. The summed E-state index contributed by atoms with van der Waals surface area (Å²) < 4.78 is 37.7. The summed E-state index contributed by atoms with van der Waals surface area (Å²) in [4.78, 5) is 2.67. The second-order valence-electron chi connectivity index (χ2n) is 3.70. The number of aromatic nitrogens is 2. The van der Waals surface area contributed by atoms with E-state index in [0.29, 0.717) is 18.7 Å². The zero-order valence-electron chi connectivity index (χ0n) is 8.17. The van der Waals surface area contributed by atoms with Crippen LogP contribution >= 0.6 is 0 Å². The number of nitrogens with zero attached hydrogens (tertiary/aromatic N) is 3. The van der Waals surface area contributed by atoms with E-state index in [9.17, 15) is 13.2 Å². The third-order valence-electron chi connectivity index (χ3n) is 2.55. The maximum Gasteiger partial charge on any atom is 0.435 e. The molecule has 0 amide bonds. The van der Waals surface area contributed by atoms with Crippen LogP contribution in [0.1, 0.15) is 17.0 Å². The highest BCUT2D eigenvalue weighted by atomic mass is 19.4. The van der Waals surface area contributed by atoms with Crippen molar-refractivity contribution in [3.8, 4) is 0 Å². The summed E-state index contributed by atoms with van der Waals surface area (Å²) in [6, 6.07) is 0. The minimum atomic E-state index is -4.42. The average molecular weight is 220 g/mol. The molecule has 0 atom stereocenters. The lowest BCUT2D eigenvalue weighted by molar-refractivity contribution is -0.142. The smallest absolute Gasteiger partial charge is 0.323 e. The van der Waals surface area contributed by atoms with Crippen LogP contribution in [0.5, 0.6) is 0 Å². The number of nitrogen functional groups attached to an aromatic ring is 1. The van der Waals surface area contributed by atoms with Gasteiger partial charge in [0.2, 0.25) is 0 Å². The Labute approximate surface area is 84.4 Å². The molecule has 0 radical (unpaired) electrons. The predicted octanol–water partition coefficient (Wildman–Crippen LogP) is 0.604. The first-order valence-corrected chi connectivity index (χ1v) is 4.51. The molecular formula is C8H11F3N4. The number of hydrogen-bond acceptors (Lipinski definition) is 3. The molecule has 2 N–H and O–H groups in total. The van der Waals surface area contributed by atoms with Gasteiger partial charge in [-0.05, 0) is 7.05 Å². The van der Waals surface area contributed by atoms with E-state index < -0.39 is 11.9 Å². The van der Waals surface area contributed by atoms with Crippen LogP contribution in [0.3, 0.4) is 0 Å². The maximum atomic E-state index is 12.6. The molecule has 1 aromatic rings. The zero-order valence-corrected chi connectivity index (χ0v) is 8.17. The van der Waals surface area contributed by atoms with E-state index in [1.165, 1.54) is 0 Å². The second-order valence-corrected chi connectivity index (χ2v) is 3.70. The lowest BCUT2D eigenvalue weighted by atomic mass is 10.1. The van der Waals surface area contributed by atoms with Crippen molar-refractivity contribution in [1.82, 2.24) is 14.8 Å². The van der Waals surface area contributed by atoms with Gasteiger partial charge < -0.3 is 10.7 Å². The summed E-state index contributed by atoms with van der Waals surface area (Å²) >= 11 is 0. The summed E-state index contributed by atoms with van der Waals surface area (Å²) in [6.45, 7) is 0.953. The highest BCUT2D eigenvalue weighted by Crippen LogP contribution is 2.34. The molecule has 0 unspecified atom stereocenters. The van der Waals surface area contributed by atoms with Gasteiger partial charge in [0.05, 0.1) is 5.69 Å². The molecule has 7 heteroatoms. The minimum absolute atomic E-state index is 0.207. The fourth-order valence-electron chi connectivity index (χ4n) is 1.81. The van der Waals surface area contributed by atoms with Crippen molar-refractivity contribution in [2.75, 3.05) is 19.4 Å². The first kappa shape index (κ1) is 10.3. The molecule has 2 heterocycles. The van der Waals surface area contributed by atoms with E-state index in [0.717, 1.165) is 4.79 Å². The first-order chi connectivity index (χ1) is 6.89. The Hall–Kier alpha value is -1.24. The summed E-state index contributed by atoms with van der Waals surface area (Å²) in [5, 5.41) is 3.34. The number of halogens is 3. The standard InChI is InChI=1S/C8H11F3N4/c1-14-3-2-6-5(4-14)7(8(9,10)11)13-15(6)12/h2-4,12H2,1H3. The van der Waals surface area contributed by atoms with E-state index in [4.69, 9.17) is 5.84 Å². The van der Waals surface area contributed by atoms with Gasteiger partial charge in [-0.3, -0.25) is 0 Å². The predicted molar refractivity (Wildman–Crippen MR) is 47.4 cm³/mol. The number of hydrogen-bond donors (Lipinski definition) is 1. The minimum Gasteiger partial charge on any atom is -0.323 e. The lowest BCUT2D eigenvalue weighted by Gasteiger charge is -2.23. The number of likely N-dealkylation sites (N-methyl/N-ethyl adjacent to an activating group) is 1. The Balaban J connectivity index is 2.50. The van der Waals surface area contributed by atoms with Crippen LogP contribution in [-0.2, 0) is 19.1 Å². The molecule has 0 aromatic carbocycles. The molecule has 15 heavy (non-hydrogen) atoms. The molecule has 1 aromatic heterocycles. The number of rotatable bonds is 0. The SMILES string of the molecule is CN1CCc2c(c(C(F)(F)F)nn2N)C1. The Morgan fingerprint density at radius 2 is 2.07 bits per heavy atom. The van der Waals surface area contributed by atoms with Crippen LogP contribution in [0, 0.1) is 0 Å². The van der Waals surface area contributed by atoms with Gasteiger partial charge in [0.1, 0.15) is 0 Å². The largest absolute Gasteiger partial charge is 0.435 e. The lowest BCUT2D eigenvalue weighted by Crippen LogP contribution is -2.29. The fraction of sp³-hybridized carbons (Fsp3) is 0.625. The van der Waals surface area contributed by atoms with Gasteiger partial charge in [0.15, 0.2) is 5.69 Å². The van der Waals surface area contributed by atoms with E-state index in [-0.39, 0.29) is 12.1 Å². The van der Waals surface area contributed by atoms with Crippen LogP contribution < -0.4 is 5.84 Å². The highest BCUT2D eigenvalue weighted by molar-refractivity contribution is 5.30. The van der Waals surface area contributed by atoms with Crippen molar-refractivity contribution in [3.05, 3.63) is 17.0 Å². The number of nitrogens with two attached hydrogens (primary N) is 1. The molecule has 0 aliphatic carbocycles. The molecule has 0 fully saturated rings. The van der Waals surface area contributed by atoms with Crippen molar-refractivity contribution >= 4 is 0 Å². The molecule has 0 spiro atoms. The topological polar surface area (TPSA) is 47.1 Å². The summed E-state index contributed by atoms with van der Waals surface area (Å²) in [5.41, 5.74) is -0.161. The van der Waals surface area contributed by atoms with Crippen LogP contribution in [0.4, 0.5) is 13.2 Å². The average Bonchev–Trinajstić information content (AvgIpc) is 2.42. The molecule has 0 saturated carbocycles. The van der Waals surface area contributed by atoms with Crippen molar-refractivity contribution in [1.29, 1.82) is 0 Å². The Morgan fingerprint density at radius 1 is 1.40 bits per heavy atom. The normalized spacial score (nSPS) is 17.9. The molecule has 0 saturated heterocycles. The first-order valence-electron chi connectivity index (χ1n) is 4.51. The van der Waals surface area contributed by atoms with Gasteiger partial charge in [-0.25, -0.2) is 0 Å². The highest BCUT2D eigenvalue weighted by Gasteiger charge is 2.40. The van der Waals surface area contributed by atoms with Crippen molar-refractivity contribution in [2.24, 2.45) is 0 Å². The third kappa shape index (κ3) is 1.67. The van der Waals surface area contributed by atoms with Crippen LogP contribution in [-0.4, -0.2) is 28.4 Å². The quantitative estimate of drug-likeness (QED) is 0.651. The van der Waals surface area contributed by atoms with Crippen molar-refractivity contribution in [3.63, 3.8) is 0 Å². The van der Waals surface area contributed by atoms with E-state index in [1.807, 2.05) is 4.90 Å². The van der Waals surface area contributed by atoms with Gasteiger partial charge in [0, 0.05) is 25.1 Å². The summed E-state index contributed by atoms with van der Waals surface area (Å²) in [7, 11) is 1.77. The van der Waals surface area contributed by atoms with Crippen LogP contribution in [0.2, 0.25) is 0 Å². The Kier molecular flexibility index (Phi) is 2.14. The molecule has 4 nitrogen and oxygen atoms in total. The fourth-order valence-corrected chi connectivity index (χ4v) is 1.81. The van der Waals surface area contributed by atoms with Gasteiger partial charge in [-0.1, -0.05) is 0 Å². The van der Waals surface area contributed by atoms with Crippen LogP contribution in [0.15, 0.2) is 0 Å². The van der Waals surface area contributed by atoms with E-state index >= 15 is 0 Å². The third-order valence-corrected chi connectivity index (χ3v) is 2.55. The molecule has 0 bridgehead atoms. The Bertz CT molecular complexity index is 382. The monoisotopic (exact) mass is 220 g/mol. The zero-order chi connectivity index (χ0) is 11.2. The van der Waals surface area contributed by atoms with Crippen LogP contribution in [0.25, 0.3) is 0 Å². The van der Waals surface area contributed by atoms with Gasteiger partial charge >= 0.3 is 6.18 Å². The van der Waals surface area contributed by atoms with Crippen molar-refractivity contribution < 1.29 is 13.2 Å². The van der Waals surface area contributed by atoms with Crippen molar-refractivity contribution in [2.45, 2.75) is 19.1 Å². The second kappa shape index (κ2) is 3.13. The van der Waals surface area contributed by atoms with Gasteiger partial charge in [0.25, 0.3) is 0 Å². The maximum absolute atomic E-state index is 12.6. The Morgan fingerprint density at radius 3 is 2.67 bits per heavy atom. The molecule has 1 aliphatic heterocycles. The molecule has 2 rings (SSSR count). The molecular weight excluding hydrogens is 209 g/mol. The van der Waals surface area contributed by atoms with Gasteiger partial charge in [-0.2, -0.15) is 18.0 Å². The van der Waals surface area contributed by atoms with E-state index in [2.05, 4.69) is 5.10 Å². The molecule has 1 aliphatic rings. The number of alkyl halides is 3.